The topological polar surface area (TPSA) is 110 Å². The fourth-order valence-corrected chi connectivity index (χ4v) is 5.66. The van der Waals surface area contributed by atoms with Crippen molar-refractivity contribution in [2.24, 2.45) is 0 Å². The van der Waals surface area contributed by atoms with Gasteiger partial charge in [0.15, 0.2) is 0 Å². The van der Waals surface area contributed by atoms with Crippen LogP contribution in [0.1, 0.15) is 47.2 Å². The first-order valence-electron chi connectivity index (χ1n) is 10.3. The number of nitrogens with zero attached hydrogens (tertiary/aromatic N) is 2. The number of piperidine rings is 1. The summed E-state index contributed by atoms with van der Waals surface area (Å²) in [6.45, 7) is 4.19. The Labute approximate surface area is 182 Å². The largest absolute Gasteiger partial charge is 0.352 e. The van der Waals surface area contributed by atoms with Gasteiger partial charge in [0.25, 0.3) is 11.6 Å². The van der Waals surface area contributed by atoms with Gasteiger partial charge in [0.1, 0.15) is 0 Å². The van der Waals surface area contributed by atoms with Crippen molar-refractivity contribution in [3.05, 3.63) is 69.3 Å². The van der Waals surface area contributed by atoms with Gasteiger partial charge in [-0.25, -0.2) is 8.42 Å². The van der Waals surface area contributed by atoms with E-state index in [9.17, 15) is 23.3 Å². The number of nitro groups is 1. The molecule has 1 unspecified atom stereocenters. The maximum absolute atomic E-state index is 13.1. The Morgan fingerprint density at radius 2 is 1.87 bits per heavy atom. The summed E-state index contributed by atoms with van der Waals surface area (Å²) in [6.07, 6.45) is 2.95. The Morgan fingerprint density at radius 1 is 1.16 bits per heavy atom. The van der Waals surface area contributed by atoms with Crippen molar-refractivity contribution in [2.45, 2.75) is 50.5 Å². The van der Waals surface area contributed by atoms with E-state index in [0.717, 1.165) is 24.8 Å². The van der Waals surface area contributed by atoms with E-state index in [4.69, 9.17) is 0 Å². The molecule has 1 saturated heterocycles. The van der Waals surface area contributed by atoms with E-state index in [1.807, 2.05) is 6.92 Å². The third kappa shape index (κ3) is 5.11. The third-order valence-corrected chi connectivity index (χ3v) is 7.68. The first-order chi connectivity index (χ1) is 14.7. The standard InChI is InChI=1S/C22H27N3O5S/c1-16-9-11-19(12-10-16)31(29,30)24-15-4-3-6-18(24)13-14-23-22(26)20-7-5-8-21(17(20)2)25(27)28/h5,7-12,18H,3-4,6,13-15H2,1-2H3,(H,23,26). The van der Waals surface area contributed by atoms with Gasteiger partial charge < -0.3 is 5.32 Å². The van der Waals surface area contributed by atoms with E-state index in [2.05, 4.69) is 5.32 Å². The molecule has 0 aliphatic carbocycles. The maximum atomic E-state index is 13.1. The van der Waals surface area contributed by atoms with Gasteiger partial charge in [-0.3, -0.25) is 14.9 Å². The summed E-state index contributed by atoms with van der Waals surface area (Å²) in [7, 11) is -3.61. The molecule has 1 N–H and O–H groups in total. The summed E-state index contributed by atoms with van der Waals surface area (Å²) in [5.41, 5.74) is 1.46. The molecule has 3 rings (SSSR count). The van der Waals surface area contributed by atoms with E-state index in [1.54, 1.807) is 41.6 Å². The van der Waals surface area contributed by atoms with Crippen LogP contribution >= 0.6 is 0 Å². The quantitative estimate of drug-likeness (QED) is 0.517. The Bertz CT molecular complexity index is 1070. The highest BCUT2D eigenvalue weighted by Crippen LogP contribution is 2.27. The number of hydrogen-bond acceptors (Lipinski definition) is 5. The van der Waals surface area contributed by atoms with E-state index in [0.29, 0.717) is 18.5 Å². The molecule has 1 heterocycles. The summed E-state index contributed by atoms with van der Waals surface area (Å²) >= 11 is 0. The maximum Gasteiger partial charge on any atom is 0.273 e. The normalized spacial score (nSPS) is 17.3. The van der Waals surface area contributed by atoms with Crippen LogP contribution in [0.25, 0.3) is 0 Å². The minimum absolute atomic E-state index is 0.102. The summed E-state index contributed by atoms with van der Waals surface area (Å²) in [6, 6.07) is 11.0. The Balaban J connectivity index is 1.67. The van der Waals surface area contributed by atoms with Crippen LogP contribution in [0.5, 0.6) is 0 Å². The number of amides is 1. The van der Waals surface area contributed by atoms with Gasteiger partial charge >= 0.3 is 0 Å². The smallest absolute Gasteiger partial charge is 0.273 e. The number of carbonyl (C=O) groups excluding carboxylic acids is 1. The highest BCUT2D eigenvalue weighted by atomic mass is 32.2. The van der Waals surface area contributed by atoms with Crippen molar-refractivity contribution < 1.29 is 18.1 Å². The number of rotatable bonds is 7. The van der Waals surface area contributed by atoms with Crippen LogP contribution in [-0.2, 0) is 10.0 Å². The molecule has 166 valence electrons. The van der Waals surface area contributed by atoms with Crippen molar-refractivity contribution in [1.82, 2.24) is 9.62 Å². The van der Waals surface area contributed by atoms with Crippen LogP contribution in [-0.4, -0.2) is 42.7 Å². The molecule has 1 fully saturated rings. The van der Waals surface area contributed by atoms with Gasteiger partial charge in [-0.15, -0.1) is 0 Å². The number of aryl methyl sites for hydroxylation is 1. The molecule has 0 saturated carbocycles. The highest BCUT2D eigenvalue weighted by molar-refractivity contribution is 7.89. The van der Waals surface area contributed by atoms with E-state index in [-0.39, 0.29) is 28.7 Å². The van der Waals surface area contributed by atoms with Crippen LogP contribution < -0.4 is 5.32 Å². The highest BCUT2D eigenvalue weighted by Gasteiger charge is 2.33. The number of benzene rings is 2. The average Bonchev–Trinajstić information content (AvgIpc) is 2.74. The van der Waals surface area contributed by atoms with Crippen molar-refractivity contribution in [3.8, 4) is 0 Å². The van der Waals surface area contributed by atoms with E-state index in [1.165, 1.54) is 12.1 Å². The van der Waals surface area contributed by atoms with Gasteiger partial charge in [0.2, 0.25) is 10.0 Å². The fourth-order valence-electron chi connectivity index (χ4n) is 3.94. The van der Waals surface area contributed by atoms with Crippen molar-refractivity contribution in [1.29, 1.82) is 0 Å². The van der Waals surface area contributed by atoms with Crippen LogP contribution in [0.3, 0.4) is 0 Å². The second-order valence-electron chi connectivity index (χ2n) is 7.83. The van der Waals surface area contributed by atoms with E-state index < -0.39 is 20.9 Å². The molecule has 9 heteroatoms. The first kappa shape index (κ1) is 22.9. The van der Waals surface area contributed by atoms with Gasteiger partial charge in [0, 0.05) is 36.3 Å². The molecule has 0 aromatic heterocycles. The SMILES string of the molecule is Cc1ccc(S(=O)(=O)N2CCCCC2CCNC(=O)c2cccc([N+](=O)[O-])c2C)cc1. The van der Waals surface area contributed by atoms with E-state index >= 15 is 0 Å². The molecule has 0 bridgehead atoms. The lowest BCUT2D eigenvalue weighted by atomic mass is 10.0. The lowest BCUT2D eigenvalue weighted by Gasteiger charge is -2.34. The number of nitro benzene ring substituents is 1. The van der Waals surface area contributed by atoms with Crippen molar-refractivity contribution in [2.75, 3.05) is 13.1 Å². The van der Waals surface area contributed by atoms with Gasteiger partial charge in [-0.05, 0) is 51.3 Å². The molecule has 31 heavy (non-hydrogen) atoms. The molecule has 1 amide bonds. The molecule has 1 aliphatic rings. The zero-order valence-electron chi connectivity index (χ0n) is 17.7. The first-order valence-corrected chi connectivity index (χ1v) is 11.8. The number of hydrogen-bond donors (Lipinski definition) is 1. The van der Waals surface area contributed by atoms with Gasteiger partial charge in [0.05, 0.1) is 9.82 Å². The van der Waals surface area contributed by atoms with Crippen LogP contribution in [0.4, 0.5) is 5.69 Å². The molecular weight excluding hydrogens is 418 g/mol. The predicted octanol–water partition coefficient (Wildman–Crippen LogP) is 3.57. The van der Waals surface area contributed by atoms with Crippen molar-refractivity contribution >= 4 is 21.6 Å². The third-order valence-electron chi connectivity index (χ3n) is 5.71. The summed E-state index contributed by atoms with van der Waals surface area (Å²) in [5, 5.41) is 13.9. The Kier molecular flexibility index (Phi) is 7.07. The second-order valence-corrected chi connectivity index (χ2v) is 9.72. The average molecular weight is 446 g/mol. The zero-order chi connectivity index (χ0) is 22.6. The number of nitrogens with one attached hydrogen (secondary N) is 1. The van der Waals surface area contributed by atoms with Crippen LogP contribution in [0.2, 0.25) is 0 Å². The molecule has 0 spiro atoms. The molecule has 8 nitrogen and oxygen atoms in total. The molecular formula is C22H27N3O5S. The van der Waals surface area contributed by atoms with Crippen molar-refractivity contribution in [3.63, 3.8) is 0 Å². The molecule has 0 radical (unpaired) electrons. The second kappa shape index (κ2) is 9.57. The number of sulfonamides is 1. The Hall–Kier alpha value is -2.78. The van der Waals surface area contributed by atoms with Gasteiger partial charge in [-0.2, -0.15) is 4.31 Å². The summed E-state index contributed by atoms with van der Waals surface area (Å²) in [4.78, 5) is 23.4. The van der Waals surface area contributed by atoms with Crippen LogP contribution in [0, 0.1) is 24.0 Å². The lowest BCUT2D eigenvalue weighted by Crippen LogP contribution is -2.45. The zero-order valence-corrected chi connectivity index (χ0v) is 18.5. The molecule has 2 aromatic carbocycles. The predicted molar refractivity (Wildman–Crippen MR) is 117 cm³/mol. The minimum atomic E-state index is -3.61. The Morgan fingerprint density at radius 3 is 2.55 bits per heavy atom. The number of carbonyl (C=O) groups is 1. The minimum Gasteiger partial charge on any atom is -0.352 e. The summed E-state index contributed by atoms with van der Waals surface area (Å²) < 4.78 is 27.8. The molecule has 1 atom stereocenters. The summed E-state index contributed by atoms with van der Waals surface area (Å²) in [5.74, 6) is -0.398. The molecule has 2 aromatic rings. The molecule has 1 aliphatic heterocycles. The fraction of sp³-hybridized carbons (Fsp3) is 0.409. The van der Waals surface area contributed by atoms with Crippen LogP contribution in [0.15, 0.2) is 47.4 Å². The van der Waals surface area contributed by atoms with Gasteiger partial charge in [-0.1, -0.05) is 30.2 Å². The lowest BCUT2D eigenvalue weighted by molar-refractivity contribution is -0.385. The monoisotopic (exact) mass is 445 g/mol.